The Bertz CT molecular complexity index is 475. The molecule has 1 aromatic carbocycles. The molecule has 78 valence electrons. The van der Waals surface area contributed by atoms with Crippen LogP contribution in [0.3, 0.4) is 0 Å². The van der Waals surface area contributed by atoms with Crippen LogP contribution < -0.4 is 5.32 Å². The number of fused-ring (bicyclic) bond motifs is 1. The zero-order valence-corrected chi connectivity index (χ0v) is 9.41. The predicted molar refractivity (Wildman–Crippen MR) is 65.4 cm³/mol. The second-order valence-electron chi connectivity index (χ2n) is 4.05. The van der Waals surface area contributed by atoms with Gasteiger partial charge in [-0.1, -0.05) is 19.9 Å². The fraction of sp³-hybridized carbons (Fsp3) is 0.308. The summed E-state index contributed by atoms with van der Waals surface area (Å²) < 4.78 is 0. The molecule has 0 radical (unpaired) electrons. The summed E-state index contributed by atoms with van der Waals surface area (Å²) in [7, 11) is 1.94. The van der Waals surface area contributed by atoms with Crippen LogP contribution in [0.2, 0.25) is 0 Å². The SMILES string of the molecule is CNc1cc(C(C)C)cc2cccnc12. The van der Waals surface area contributed by atoms with Crippen LogP contribution in [0.1, 0.15) is 25.3 Å². The highest BCUT2D eigenvalue weighted by atomic mass is 14.8. The van der Waals surface area contributed by atoms with Crippen LogP contribution in [0.5, 0.6) is 0 Å². The molecule has 2 rings (SSSR count). The first-order chi connectivity index (χ1) is 7.22. The quantitative estimate of drug-likeness (QED) is 0.803. The number of nitrogens with one attached hydrogen (secondary N) is 1. The molecule has 0 unspecified atom stereocenters. The van der Waals surface area contributed by atoms with Gasteiger partial charge in [-0.25, -0.2) is 0 Å². The van der Waals surface area contributed by atoms with Gasteiger partial charge in [-0.2, -0.15) is 0 Å². The summed E-state index contributed by atoms with van der Waals surface area (Å²) in [5.74, 6) is 0.543. The Morgan fingerprint density at radius 1 is 1.27 bits per heavy atom. The largest absolute Gasteiger partial charge is 0.386 e. The number of hydrogen-bond acceptors (Lipinski definition) is 2. The molecule has 2 aromatic rings. The fourth-order valence-corrected chi connectivity index (χ4v) is 1.74. The van der Waals surface area contributed by atoms with E-state index in [1.165, 1.54) is 10.9 Å². The van der Waals surface area contributed by atoms with Gasteiger partial charge < -0.3 is 5.32 Å². The fourth-order valence-electron chi connectivity index (χ4n) is 1.74. The lowest BCUT2D eigenvalue weighted by molar-refractivity contribution is 0.869. The number of hydrogen-bond donors (Lipinski definition) is 1. The van der Waals surface area contributed by atoms with Crippen molar-refractivity contribution in [3.05, 3.63) is 36.0 Å². The molecular weight excluding hydrogens is 184 g/mol. The Kier molecular flexibility index (Phi) is 2.58. The Balaban J connectivity index is 2.71. The monoisotopic (exact) mass is 200 g/mol. The van der Waals surface area contributed by atoms with E-state index in [4.69, 9.17) is 0 Å². The van der Waals surface area contributed by atoms with Crippen LogP contribution >= 0.6 is 0 Å². The Morgan fingerprint density at radius 3 is 2.73 bits per heavy atom. The summed E-state index contributed by atoms with van der Waals surface area (Å²) in [5.41, 5.74) is 3.50. The van der Waals surface area contributed by atoms with Crippen molar-refractivity contribution in [1.82, 2.24) is 4.98 Å². The zero-order valence-electron chi connectivity index (χ0n) is 9.41. The summed E-state index contributed by atoms with van der Waals surface area (Å²) in [6.07, 6.45) is 1.83. The van der Waals surface area contributed by atoms with E-state index in [1.54, 1.807) is 0 Å². The number of nitrogens with zero attached hydrogens (tertiary/aromatic N) is 1. The minimum Gasteiger partial charge on any atom is -0.386 e. The first-order valence-corrected chi connectivity index (χ1v) is 5.29. The highest BCUT2D eigenvalue weighted by Gasteiger charge is 2.05. The van der Waals surface area contributed by atoms with E-state index in [1.807, 2.05) is 19.3 Å². The second-order valence-corrected chi connectivity index (χ2v) is 4.05. The molecule has 0 atom stereocenters. The third kappa shape index (κ3) is 1.80. The Hall–Kier alpha value is -1.57. The van der Waals surface area contributed by atoms with E-state index >= 15 is 0 Å². The smallest absolute Gasteiger partial charge is 0.0933 e. The number of rotatable bonds is 2. The van der Waals surface area contributed by atoms with Crippen LogP contribution in [0.25, 0.3) is 10.9 Å². The molecule has 2 nitrogen and oxygen atoms in total. The van der Waals surface area contributed by atoms with Gasteiger partial charge in [-0.05, 0) is 29.7 Å². The minimum absolute atomic E-state index is 0.543. The summed E-state index contributed by atoms with van der Waals surface area (Å²) in [4.78, 5) is 4.39. The average Bonchev–Trinajstić information content (AvgIpc) is 2.27. The van der Waals surface area contributed by atoms with Crippen LogP contribution in [0.15, 0.2) is 30.5 Å². The third-order valence-electron chi connectivity index (χ3n) is 2.66. The third-order valence-corrected chi connectivity index (χ3v) is 2.66. The van der Waals surface area contributed by atoms with Crippen molar-refractivity contribution in [2.75, 3.05) is 12.4 Å². The molecule has 0 saturated carbocycles. The van der Waals surface area contributed by atoms with Gasteiger partial charge in [-0.3, -0.25) is 4.98 Å². The standard InChI is InChI=1S/C13H16N2/c1-9(2)11-7-10-5-4-6-15-13(10)12(8-11)14-3/h4-9,14H,1-3H3. The molecule has 0 spiro atoms. The van der Waals surface area contributed by atoms with Gasteiger partial charge >= 0.3 is 0 Å². The van der Waals surface area contributed by atoms with Crippen molar-refractivity contribution in [2.45, 2.75) is 19.8 Å². The van der Waals surface area contributed by atoms with Crippen molar-refractivity contribution < 1.29 is 0 Å². The maximum absolute atomic E-state index is 4.39. The van der Waals surface area contributed by atoms with Crippen molar-refractivity contribution in [2.24, 2.45) is 0 Å². The van der Waals surface area contributed by atoms with Gasteiger partial charge in [0.1, 0.15) is 0 Å². The highest BCUT2D eigenvalue weighted by molar-refractivity contribution is 5.91. The van der Waals surface area contributed by atoms with Gasteiger partial charge in [0.05, 0.1) is 11.2 Å². The first-order valence-electron chi connectivity index (χ1n) is 5.29. The number of aromatic nitrogens is 1. The summed E-state index contributed by atoms with van der Waals surface area (Å²) in [6, 6.07) is 8.48. The topological polar surface area (TPSA) is 24.9 Å². The summed E-state index contributed by atoms with van der Waals surface area (Å²) in [6.45, 7) is 4.41. The van der Waals surface area contributed by atoms with Crippen molar-refractivity contribution in [1.29, 1.82) is 0 Å². The van der Waals surface area contributed by atoms with Gasteiger partial charge in [-0.15, -0.1) is 0 Å². The summed E-state index contributed by atoms with van der Waals surface area (Å²) >= 11 is 0. The van der Waals surface area contributed by atoms with E-state index in [9.17, 15) is 0 Å². The van der Waals surface area contributed by atoms with Crippen molar-refractivity contribution >= 4 is 16.6 Å². The highest BCUT2D eigenvalue weighted by Crippen LogP contribution is 2.26. The van der Waals surface area contributed by atoms with E-state index in [0.717, 1.165) is 11.2 Å². The Morgan fingerprint density at radius 2 is 2.07 bits per heavy atom. The van der Waals surface area contributed by atoms with Crippen LogP contribution in [-0.4, -0.2) is 12.0 Å². The number of pyridine rings is 1. The van der Waals surface area contributed by atoms with E-state index in [2.05, 4.69) is 42.3 Å². The first kappa shape index (κ1) is 9.97. The molecular formula is C13H16N2. The van der Waals surface area contributed by atoms with Gasteiger partial charge in [0.15, 0.2) is 0 Å². The molecule has 1 heterocycles. The second kappa shape index (κ2) is 3.89. The molecule has 15 heavy (non-hydrogen) atoms. The molecule has 1 aromatic heterocycles. The maximum Gasteiger partial charge on any atom is 0.0933 e. The molecule has 0 saturated heterocycles. The molecule has 0 bridgehead atoms. The van der Waals surface area contributed by atoms with E-state index in [-0.39, 0.29) is 0 Å². The molecule has 0 aliphatic carbocycles. The van der Waals surface area contributed by atoms with Gasteiger partial charge in [0.25, 0.3) is 0 Å². The molecule has 0 amide bonds. The van der Waals surface area contributed by atoms with Crippen molar-refractivity contribution in [3.63, 3.8) is 0 Å². The molecule has 1 N–H and O–H groups in total. The number of anilines is 1. The zero-order chi connectivity index (χ0) is 10.8. The minimum atomic E-state index is 0.543. The maximum atomic E-state index is 4.39. The molecule has 0 fully saturated rings. The van der Waals surface area contributed by atoms with Gasteiger partial charge in [0.2, 0.25) is 0 Å². The van der Waals surface area contributed by atoms with Crippen molar-refractivity contribution in [3.8, 4) is 0 Å². The number of benzene rings is 1. The molecule has 2 heteroatoms. The van der Waals surface area contributed by atoms with Crippen LogP contribution in [0.4, 0.5) is 5.69 Å². The van der Waals surface area contributed by atoms with Crippen LogP contribution in [0, 0.1) is 0 Å². The normalized spacial score (nSPS) is 10.9. The van der Waals surface area contributed by atoms with E-state index < -0.39 is 0 Å². The van der Waals surface area contributed by atoms with Gasteiger partial charge in [0, 0.05) is 18.6 Å². The Labute approximate surface area is 90.3 Å². The van der Waals surface area contributed by atoms with Crippen LogP contribution in [-0.2, 0) is 0 Å². The molecule has 0 aliphatic heterocycles. The average molecular weight is 200 g/mol. The lowest BCUT2D eigenvalue weighted by Crippen LogP contribution is -1.95. The lowest BCUT2D eigenvalue weighted by atomic mass is 10.00. The lowest BCUT2D eigenvalue weighted by Gasteiger charge is -2.11. The molecule has 0 aliphatic rings. The van der Waals surface area contributed by atoms with E-state index in [0.29, 0.717) is 5.92 Å². The predicted octanol–water partition coefficient (Wildman–Crippen LogP) is 3.40. The summed E-state index contributed by atoms with van der Waals surface area (Å²) in [5, 5.41) is 4.40.